The van der Waals surface area contributed by atoms with Crippen LogP contribution in [0.5, 0.6) is 0 Å². The van der Waals surface area contributed by atoms with Crippen LogP contribution in [0, 0.1) is 5.41 Å². The van der Waals surface area contributed by atoms with Gasteiger partial charge in [0.2, 0.25) is 0 Å². The minimum absolute atomic E-state index is 0.335. The summed E-state index contributed by atoms with van der Waals surface area (Å²) in [6.45, 7) is 13.5. The predicted molar refractivity (Wildman–Crippen MR) is 65.9 cm³/mol. The van der Waals surface area contributed by atoms with Crippen molar-refractivity contribution >= 4 is 0 Å². The van der Waals surface area contributed by atoms with E-state index in [2.05, 4.69) is 37.3 Å². The molecule has 1 fully saturated rings. The van der Waals surface area contributed by atoms with E-state index in [1.165, 1.54) is 0 Å². The molecule has 1 unspecified atom stereocenters. The maximum Gasteiger partial charge on any atom is 0.0342 e. The summed E-state index contributed by atoms with van der Waals surface area (Å²) < 4.78 is 0. The van der Waals surface area contributed by atoms with Gasteiger partial charge in [-0.25, -0.2) is 0 Å². The van der Waals surface area contributed by atoms with Gasteiger partial charge in [0.25, 0.3) is 0 Å². The number of nitrogens with two attached hydrogens (primary N) is 1. The first-order chi connectivity index (χ1) is 6.98. The lowest BCUT2D eigenvalue weighted by Crippen LogP contribution is -2.44. The highest BCUT2D eigenvalue weighted by Crippen LogP contribution is 2.23. The Morgan fingerprint density at radius 3 is 2.67 bits per heavy atom. The molecule has 0 amide bonds. The largest absolute Gasteiger partial charge is 0.329 e. The van der Waals surface area contributed by atoms with E-state index in [1.807, 2.05) is 6.08 Å². The molecule has 1 heterocycles. The molecule has 0 saturated carbocycles. The van der Waals surface area contributed by atoms with Gasteiger partial charge in [-0.15, -0.1) is 6.58 Å². The maximum absolute atomic E-state index is 5.82. The fourth-order valence-corrected chi connectivity index (χ4v) is 2.54. The van der Waals surface area contributed by atoms with Gasteiger partial charge in [-0.3, -0.25) is 4.90 Å². The molecular weight excluding hydrogens is 186 g/mol. The van der Waals surface area contributed by atoms with Crippen LogP contribution in [0.15, 0.2) is 12.7 Å². The van der Waals surface area contributed by atoms with E-state index in [0.29, 0.717) is 11.5 Å². The number of hydrogen-bond donors (Lipinski definition) is 1. The minimum atomic E-state index is 0.335. The lowest BCUT2D eigenvalue weighted by Gasteiger charge is -2.29. The van der Waals surface area contributed by atoms with Crippen LogP contribution in [0.1, 0.15) is 13.8 Å². The van der Waals surface area contributed by atoms with Crippen LogP contribution in [-0.4, -0.2) is 55.6 Å². The molecule has 2 N–H and O–H groups in total. The maximum atomic E-state index is 5.82. The smallest absolute Gasteiger partial charge is 0.0342 e. The van der Waals surface area contributed by atoms with Gasteiger partial charge in [0.1, 0.15) is 0 Å². The molecule has 0 aromatic rings. The molecule has 0 aromatic heterocycles. The molecule has 0 radical (unpaired) electrons. The SMILES string of the molecule is C=CCN1CC(CN)N(C)CC(C)(C)C1. The average Bonchev–Trinajstić information content (AvgIpc) is 2.21. The molecule has 1 rings (SSSR count). The van der Waals surface area contributed by atoms with Gasteiger partial charge in [0.15, 0.2) is 0 Å². The molecule has 3 nitrogen and oxygen atoms in total. The Bertz CT molecular complexity index is 213. The molecule has 1 saturated heterocycles. The van der Waals surface area contributed by atoms with Gasteiger partial charge in [0, 0.05) is 38.8 Å². The van der Waals surface area contributed by atoms with Crippen LogP contribution in [0.3, 0.4) is 0 Å². The highest BCUT2D eigenvalue weighted by Gasteiger charge is 2.31. The zero-order valence-electron chi connectivity index (χ0n) is 10.4. The van der Waals surface area contributed by atoms with E-state index in [1.54, 1.807) is 0 Å². The third-order valence-electron chi connectivity index (χ3n) is 3.08. The quantitative estimate of drug-likeness (QED) is 0.700. The van der Waals surface area contributed by atoms with Crippen molar-refractivity contribution in [2.24, 2.45) is 11.1 Å². The summed E-state index contributed by atoms with van der Waals surface area (Å²) in [6, 6.07) is 0.478. The van der Waals surface area contributed by atoms with Gasteiger partial charge in [-0.2, -0.15) is 0 Å². The summed E-state index contributed by atoms with van der Waals surface area (Å²) >= 11 is 0. The van der Waals surface area contributed by atoms with Crippen molar-refractivity contribution in [1.82, 2.24) is 9.80 Å². The Balaban J connectivity index is 2.72. The monoisotopic (exact) mass is 211 g/mol. The predicted octanol–water partition coefficient (Wildman–Crippen LogP) is 0.773. The topological polar surface area (TPSA) is 32.5 Å². The van der Waals surface area contributed by atoms with Crippen molar-refractivity contribution in [3.8, 4) is 0 Å². The van der Waals surface area contributed by atoms with Crippen LogP contribution >= 0.6 is 0 Å². The molecule has 15 heavy (non-hydrogen) atoms. The van der Waals surface area contributed by atoms with Crippen molar-refractivity contribution in [2.75, 3.05) is 39.8 Å². The third kappa shape index (κ3) is 3.59. The van der Waals surface area contributed by atoms with Crippen molar-refractivity contribution in [2.45, 2.75) is 19.9 Å². The third-order valence-corrected chi connectivity index (χ3v) is 3.08. The fourth-order valence-electron chi connectivity index (χ4n) is 2.54. The normalized spacial score (nSPS) is 28.7. The zero-order valence-corrected chi connectivity index (χ0v) is 10.4. The van der Waals surface area contributed by atoms with Crippen LogP contribution in [0.2, 0.25) is 0 Å². The summed E-state index contributed by atoms with van der Waals surface area (Å²) in [5.74, 6) is 0. The molecule has 1 aliphatic heterocycles. The summed E-state index contributed by atoms with van der Waals surface area (Å²) in [5.41, 5.74) is 6.15. The van der Waals surface area contributed by atoms with E-state index in [9.17, 15) is 0 Å². The summed E-state index contributed by atoms with van der Waals surface area (Å²) in [6.07, 6.45) is 1.98. The summed E-state index contributed by atoms with van der Waals surface area (Å²) in [7, 11) is 2.18. The summed E-state index contributed by atoms with van der Waals surface area (Å²) in [4.78, 5) is 4.84. The zero-order chi connectivity index (χ0) is 11.5. The number of rotatable bonds is 3. The van der Waals surface area contributed by atoms with Crippen LogP contribution in [0.25, 0.3) is 0 Å². The Morgan fingerprint density at radius 2 is 2.13 bits per heavy atom. The first-order valence-corrected chi connectivity index (χ1v) is 5.72. The van der Waals surface area contributed by atoms with Crippen LogP contribution < -0.4 is 5.73 Å². The first-order valence-electron chi connectivity index (χ1n) is 5.72. The van der Waals surface area contributed by atoms with Crippen molar-refractivity contribution in [3.05, 3.63) is 12.7 Å². The molecule has 88 valence electrons. The number of nitrogens with zero attached hydrogens (tertiary/aromatic N) is 2. The van der Waals surface area contributed by atoms with Crippen LogP contribution in [-0.2, 0) is 0 Å². The molecule has 3 heteroatoms. The molecule has 0 spiro atoms. The molecular formula is C12H25N3. The minimum Gasteiger partial charge on any atom is -0.329 e. The lowest BCUT2D eigenvalue weighted by atomic mass is 9.92. The Hall–Kier alpha value is -0.380. The van der Waals surface area contributed by atoms with Gasteiger partial charge >= 0.3 is 0 Å². The van der Waals surface area contributed by atoms with E-state index in [0.717, 1.165) is 32.7 Å². The molecule has 0 bridgehead atoms. The Labute approximate surface area is 93.9 Å². The van der Waals surface area contributed by atoms with Crippen molar-refractivity contribution in [3.63, 3.8) is 0 Å². The van der Waals surface area contributed by atoms with Gasteiger partial charge < -0.3 is 10.6 Å². The first kappa shape index (κ1) is 12.7. The van der Waals surface area contributed by atoms with Crippen LogP contribution in [0.4, 0.5) is 0 Å². The van der Waals surface area contributed by atoms with E-state index >= 15 is 0 Å². The lowest BCUT2D eigenvalue weighted by molar-refractivity contribution is 0.194. The molecule has 0 aromatic carbocycles. The number of hydrogen-bond acceptors (Lipinski definition) is 3. The van der Waals surface area contributed by atoms with E-state index < -0.39 is 0 Å². The highest BCUT2D eigenvalue weighted by molar-refractivity contribution is 4.89. The standard InChI is InChI=1S/C12H25N3/c1-5-6-15-8-11(7-13)14(4)9-12(2,3)10-15/h5,11H,1,6-10,13H2,2-4H3. The molecule has 1 aliphatic rings. The summed E-state index contributed by atoms with van der Waals surface area (Å²) in [5, 5.41) is 0. The second-order valence-corrected chi connectivity index (χ2v) is 5.45. The second kappa shape index (κ2) is 5.10. The van der Waals surface area contributed by atoms with E-state index in [4.69, 9.17) is 5.73 Å². The number of likely N-dealkylation sites (N-methyl/N-ethyl adjacent to an activating group) is 1. The van der Waals surface area contributed by atoms with Gasteiger partial charge in [-0.05, 0) is 12.5 Å². The van der Waals surface area contributed by atoms with Gasteiger partial charge in [0.05, 0.1) is 0 Å². The Kier molecular flexibility index (Phi) is 4.32. The Morgan fingerprint density at radius 1 is 1.47 bits per heavy atom. The van der Waals surface area contributed by atoms with Crippen molar-refractivity contribution in [1.29, 1.82) is 0 Å². The highest BCUT2D eigenvalue weighted by atomic mass is 15.2. The fraction of sp³-hybridized carbons (Fsp3) is 0.833. The van der Waals surface area contributed by atoms with Crippen molar-refractivity contribution < 1.29 is 0 Å². The van der Waals surface area contributed by atoms with Gasteiger partial charge in [-0.1, -0.05) is 19.9 Å². The molecule has 1 atom stereocenters. The molecule has 0 aliphatic carbocycles. The second-order valence-electron chi connectivity index (χ2n) is 5.45. The van der Waals surface area contributed by atoms with E-state index in [-0.39, 0.29) is 0 Å². The average molecular weight is 211 g/mol.